The molecular weight excluding hydrogens is 278 g/mol. The normalized spacial score (nSPS) is 18.4. The van der Waals surface area contributed by atoms with E-state index < -0.39 is 0 Å². The van der Waals surface area contributed by atoms with Crippen LogP contribution in [0.5, 0.6) is 0 Å². The molecule has 1 unspecified atom stereocenters. The van der Waals surface area contributed by atoms with E-state index in [0.717, 1.165) is 31.7 Å². The average molecular weight is 305 g/mol. The molecule has 1 fully saturated rings. The number of nitrogens with zero attached hydrogens (tertiary/aromatic N) is 1. The summed E-state index contributed by atoms with van der Waals surface area (Å²) in [6, 6.07) is 8.44. The summed E-state index contributed by atoms with van der Waals surface area (Å²) in [5, 5.41) is 6.10. The Bertz CT molecular complexity index is 451. The highest BCUT2D eigenvalue weighted by molar-refractivity contribution is 5.81. The maximum absolute atomic E-state index is 12.0. The van der Waals surface area contributed by atoms with Crippen molar-refractivity contribution in [3.63, 3.8) is 0 Å². The Kier molecular flexibility index (Phi) is 6.83. The molecule has 0 radical (unpaired) electrons. The predicted octanol–water partition coefficient (Wildman–Crippen LogP) is 1.13. The zero-order valence-electron chi connectivity index (χ0n) is 13.6. The van der Waals surface area contributed by atoms with Crippen molar-refractivity contribution in [2.75, 3.05) is 32.8 Å². The molecule has 0 aliphatic carbocycles. The molecule has 1 aromatic carbocycles. The molecule has 1 atom stereocenters. The van der Waals surface area contributed by atoms with Crippen molar-refractivity contribution in [3.05, 3.63) is 35.4 Å². The minimum absolute atomic E-state index is 0.0422. The molecule has 0 bridgehead atoms. The van der Waals surface area contributed by atoms with E-state index in [1.54, 1.807) is 0 Å². The second-order valence-corrected chi connectivity index (χ2v) is 5.56. The SMILES string of the molecule is CCN(CC)Cc1ccc(CNC(=O)C2CNCCO2)cc1. The van der Waals surface area contributed by atoms with Crippen molar-refractivity contribution in [2.24, 2.45) is 0 Å². The molecule has 1 heterocycles. The van der Waals surface area contributed by atoms with E-state index in [1.165, 1.54) is 5.56 Å². The van der Waals surface area contributed by atoms with Crippen LogP contribution in [0.1, 0.15) is 25.0 Å². The van der Waals surface area contributed by atoms with E-state index in [2.05, 4.69) is 53.6 Å². The Morgan fingerprint density at radius 3 is 2.55 bits per heavy atom. The lowest BCUT2D eigenvalue weighted by Crippen LogP contribution is -2.47. The van der Waals surface area contributed by atoms with Gasteiger partial charge in [-0.2, -0.15) is 0 Å². The fourth-order valence-corrected chi connectivity index (χ4v) is 2.50. The van der Waals surface area contributed by atoms with Crippen molar-refractivity contribution in [3.8, 4) is 0 Å². The third-order valence-electron chi connectivity index (χ3n) is 4.01. The molecule has 0 spiro atoms. The molecule has 5 heteroatoms. The standard InChI is InChI=1S/C17H27N3O2/c1-3-20(4-2)13-15-7-5-14(6-8-15)11-19-17(21)16-12-18-9-10-22-16/h5-8,16,18H,3-4,9-13H2,1-2H3,(H,19,21). The smallest absolute Gasteiger partial charge is 0.250 e. The van der Waals surface area contributed by atoms with Crippen molar-refractivity contribution in [1.82, 2.24) is 15.5 Å². The zero-order chi connectivity index (χ0) is 15.8. The topological polar surface area (TPSA) is 53.6 Å². The fourth-order valence-electron chi connectivity index (χ4n) is 2.50. The number of rotatable bonds is 7. The average Bonchev–Trinajstić information content (AvgIpc) is 2.59. The van der Waals surface area contributed by atoms with Gasteiger partial charge in [-0.25, -0.2) is 0 Å². The van der Waals surface area contributed by atoms with Gasteiger partial charge in [-0.05, 0) is 24.2 Å². The lowest BCUT2D eigenvalue weighted by molar-refractivity contribution is -0.134. The van der Waals surface area contributed by atoms with Crippen LogP contribution in [0.2, 0.25) is 0 Å². The predicted molar refractivity (Wildman–Crippen MR) is 87.5 cm³/mol. The summed E-state index contributed by atoms with van der Waals surface area (Å²) in [5.41, 5.74) is 2.42. The Balaban J connectivity index is 1.79. The summed E-state index contributed by atoms with van der Waals surface area (Å²) >= 11 is 0. The van der Waals surface area contributed by atoms with E-state index in [0.29, 0.717) is 19.7 Å². The van der Waals surface area contributed by atoms with Crippen molar-refractivity contribution in [1.29, 1.82) is 0 Å². The van der Waals surface area contributed by atoms with E-state index in [-0.39, 0.29) is 12.0 Å². The van der Waals surface area contributed by atoms with Crippen LogP contribution in [0.4, 0.5) is 0 Å². The Hall–Kier alpha value is -1.43. The lowest BCUT2D eigenvalue weighted by atomic mass is 10.1. The van der Waals surface area contributed by atoms with Crippen molar-refractivity contribution >= 4 is 5.91 Å². The van der Waals surface area contributed by atoms with Crippen LogP contribution in [0, 0.1) is 0 Å². The molecule has 1 saturated heterocycles. The number of ether oxygens (including phenoxy) is 1. The van der Waals surface area contributed by atoms with Gasteiger partial charge in [-0.3, -0.25) is 9.69 Å². The number of hydrogen-bond acceptors (Lipinski definition) is 4. The maximum atomic E-state index is 12.0. The summed E-state index contributed by atoms with van der Waals surface area (Å²) in [6.07, 6.45) is -0.365. The van der Waals surface area contributed by atoms with E-state index in [1.807, 2.05) is 0 Å². The van der Waals surface area contributed by atoms with E-state index >= 15 is 0 Å². The molecule has 22 heavy (non-hydrogen) atoms. The number of carbonyl (C=O) groups excluding carboxylic acids is 1. The van der Waals surface area contributed by atoms with Crippen LogP contribution in [0.15, 0.2) is 24.3 Å². The Morgan fingerprint density at radius 2 is 1.95 bits per heavy atom. The molecule has 5 nitrogen and oxygen atoms in total. The summed E-state index contributed by atoms with van der Waals surface area (Å²) in [7, 11) is 0. The molecule has 1 aliphatic heterocycles. The third-order valence-corrected chi connectivity index (χ3v) is 4.01. The van der Waals surface area contributed by atoms with Gasteiger partial charge >= 0.3 is 0 Å². The van der Waals surface area contributed by atoms with Gasteiger partial charge in [0.2, 0.25) is 0 Å². The van der Waals surface area contributed by atoms with Gasteiger partial charge < -0.3 is 15.4 Å². The summed E-state index contributed by atoms with van der Waals surface area (Å²) < 4.78 is 5.44. The Morgan fingerprint density at radius 1 is 1.27 bits per heavy atom. The quantitative estimate of drug-likeness (QED) is 0.793. The number of amides is 1. The first-order chi connectivity index (χ1) is 10.7. The highest BCUT2D eigenvalue weighted by Crippen LogP contribution is 2.08. The van der Waals surface area contributed by atoms with E-state index in [4.69, 9.17) is 4.74 Å². The largest absolute Gasteiger partial charge is 0.366 e. The zero-order valence-corrected chi connectivity index (χ0v) is 13.6. The first-order valence-corrected chi connectivity index (χ1v) is 8.13. The van der Waals surface area contributed by atoms with E-state index in [9.17, 15) is 4.79 Å². The molecule has 122 valence electrons. The molecular formula is C17H27N3O2. The number of hydrogen-bond donors (Lipinski definition) is 2. The van der Waals surface area contributed by atoms with Crippen LogP contribution < -0.4 is 10.6 Å². The number of morpholine rings is 1. The van der Waals surface area contributed by atoms with Gasteiger partial charge in [0.05, 0.1) is 6.61 Å². The van der Waals surface area contributed by atoms with Crippen LogP contribution in [0.25, 0.3) is 0 Å². The van der Waals surface area contributed by atoms with Gasteiger partial charge in [0.25, 0.3) is 5.91 Å². The van der Waals surface area contributed by atoms with Crippen LogP contribution in [-0.2, 0) is 22.6 Å². The molecule has 0 aromatic heterocycles. The van der Waals surface area contributed by atoms with Gasteiger partial charge in [-0.1, -0.05) is 38.1 Å². The Labute approximate surface area is 133 Å². The molecule has 1 aromatic rings. The fraction of sp³-hybridized carbons (Fsp3) is 0.588. The third kappa shape index (κ3) is 5.09. The van der Waals surface area contributed by atoms with Gasteiger partial charge in [0, 0.05) is 26.2 Å². The summed E-state index contributed by atoms with van der Waals surface area (Å²) in [6.45, 7) is 9.99. The first kappa shape index (κ1) is 16.9. The van der Waals surface area contributed by atoms with Crippen LogP contribution in [-0.4, -0.2) is 49.7 Å². The molecule has 2 N–H and O–H groups in total. The maximum Gasteiger partial charge on any atom is 0.250 e. The molecule has 1 amide bonds. The van der Waals surface area contributed by atoms with Crippen molar-refractivity contribution in [2.45, 2.75) is 33.0 Å². The first-order valence-electron chi connectivity index (χ1n) is 8.13. The highest BCUT2D eigenvalue weighted by Gasteiger charge is 2.21. The number of benzene rings is 1. The minimum Gasteiger partial charge on any atom is -0.366 e. The lowest BCUT2D eigenvalue weighted by Gasteiger charge is -2.22. The molecule has 2 rings (SSSR count). The monoisotopic (exact) mass is 305 g/mol. The van der Waals surface area contributed by atoms with Gasteiger partial charge in [0.15, 0.2) is 0 Å². The number of nitrogens with one attached hydrogen (secondary N) is 2. The highest BCUT2D eigenvalue weighted by atomic mass is 16.5. The van der Waals surface area contributed by atoms with Gasteiger partial charge in [-0.15, -0.1) is 0 Å². The van der Waals surface area contributed by atoms with Crippen molar-refractivity contribution < 1.29 is 9.53 Å². The number of carbonyl (C=O) groups is 1. The second kappa shape index (κ2) is 8.88. The second-order valence-electron chi connectivity index (χ2n) is 5.56. The summed E-state index contributed by atoms with van der Waals surface area (Å²) in [4.78, 5) is 14.4. The van der Waals surface area contributed by atoms with Crippen LogP contribution >= 0.6 is 0 Å². The van der Waals surface area contributed by atoms with Crippen LogP contribution in [0.3, 0.4) is 0 Å². The minimum atomic E-state index is -0.365. The molecule has 0 saturated carbocycles. The summed E-state index contributed by atoms with van der Waals surface area (Å²) in [5.74, 6) is -0.0422. The molecule has 1 aliphatic rings. The van der Waals surface area contributed by atoms with Gasteiger partial charge in [0.1, 0.15) is 6.10 Å².